The first-order valence-electron chi connectivity index (χ1n) is 6.26. The summed E-state index contributed by atoms with van der Waals surface area (Å²) in [5.41, 5.74) is 0. The van der Waals surface area contributed by atoms with Crippen molar-refractivity contribution in [3.05, 3.63) is 21.3 Å². The van der Waals surface area contributed by atoms with Crippen molar-refractivity contribution in [3.63, 3.8) is 0 Å². The lowest BCUT2D eigenvalue weighted by molar-refractivity contribution is -0.145. The van der Waals surface area contributed by atoms with E-state index in [4.69, 9.17) is 16.7 Å². The van der Waals surface area contributed by atoms with Crippen LogP contribution in [-0.4, -0.2) is 35.0 Å². The van der Waals surface area contributed by atoms with Gasteiger partial charge in [0, 0.05) is 18.0 Å². The van der Waals surface area contributed by atoms with Gasteiger partial charge in [0.25, 0.3) is 0 Å². The molecule has 1 saturated heterocycles. The second kappa shape index (κ2) is 5.92. The lowest BCUT2D eigenvalue weighted by atomic mass is 9.96. The fourth-order valence-corrected chi connectivity index (χ4v) is 3.41. The maximum Gasteiger partial charge on any atom is 0.306 e. The summed E-state index contributed by atoms with van der Waals surface area (Å²) in [5.74, 6) is -1.22. The molecule has 0 bridgehead atoms. The van der Waals surface area contributed by atoms with Gasteiger partial charge in [-0.05, 0) is 31.9 Å². The van der Waals surface area contributed by atoms with Crippen molar-refractivity contribution < 1.29 is 14.7 Å². The number of likely N-dealkylation sites (tertiary alicyclic amines) is 1. The molecule has 1 atom stereocenters. The highest BCUT2D eigenvalue weighted by atomic mass is 35.5. The Kier molecular flexibility index (Phi) is 4.47. The highest BCUT2D eigenvalue weighted by Crippen LogP contribution is 2.30. The highest BCUT2D eigenvalue weighted by Gasteiger charge is 2.29. The zero-order chi connectivity index (χ0) is 14.0. The summed E-state index contributed by atoms with van der Waals surface area (Å²) < 4.78 is 0.680. The maximum atomic E-state index is 12.3. The molecule has 1 N–H and O–H groups in total. The number of piperidine rings is 1. The molecular formula is C13H16ClNO3S. The average molecular weight is 302 g/mol. The van der Waals surface area contributed by atoms with E-state index < -0.39 is 5.97 Å². The summed E-state index contributed by atoms with van der Waals surface area (Å²) >= 11 is 7.29. The molecule has 4 nitrogen and oxygen atoms in total. The van der Waals surface area contributed by atoms with Crippen LogP contribution in [0, 0.1) is 5.92 Å². The molecule has 0 radical (unpaired) electrons. The van der Waals surface area contributed by atoms with Gasteiger partial charge in [0.05, 0.1) is 16.2 Å². The molecule has 0 aliphatic carbocycles. The standard InChI is InChI=1S/C13H16ClNO3S/c1-8(10-2-3-11(14)19-10)12(16)15-6-4-9(5-7-15)13(17)18/h2-3,8-9H,4-7H2,1H3,(H,17,18)/t8-/m1/s1. The number of carbonyl (C=O) groups is 2. The summed E-state index contributed by atoms with van der Waals surface area (Å²) in [5, 5.41) is 8.94. The fraction of sp³-hybridized carbons (Fsp3) is 0.538. The van der Waals surface area contributed by atoms with Crippen molar-refractivity contribution in [2.45, 2.75) is 25.7 Å². The summed E-state index contributed by atoms with van der Waals surface area (Å²) in [6.45, 7) is 2.92. The van der Waals surface area contributed by atoms with Gasteiger partial charge in [0.15, 0.2) is 0 Å². The minimum atomic E-state index is -0.759. The molecule has 1 fully saturated rings. The van der Waals surface area contributed by atoms with Gasteiger partial charge in [-0.15, -0.1) is 11.3 Å². The van der Waals surface area contributed by atoms with Crippen LogP contribution in [-0.2, 0) is 9.59 Å². The molecule has 1 aromatic heterocycles. The van der Waals surface area contributed by atoms with Gasteiger partial charge < -0.3 is 10.0 Å². The van der Waals surface area contributed by atoms with E-state index in [-0.39, 0.29) is 17.7 Å². The summed E-state index contributed by atoms with van der Waals surface area (Å²) in [6.07, 6.45) is 1.08. The van der Waals surface area contributed by atoms with Crippen molar-refractivity contribution in [2.24, 2.45) is 5.92 Å². The largest absolute Gasteiger partial charge is 0.481 e. The summed E-state index contributed by atoms with van der Waals surface area (Å²) in [6, 6.07) is 3.67. The van der Waals surface area contributed by atoms with Crippen LogP contribution < -0.4 is 0 Å². The van der Waals surface area contributed by atoms with Crippen LogP contribution in [0.4, 0.5) is 0 Å². The summed E-state index contributed by atoms with van der Waals surface area (Å²) in [7, 11) is 0. The molecule has 0 spiro atoms. The molecule has 2 rings (SSSR count). The zero-order valence-electron chi connectivity index (χ0n) is 10.6. The predicted molar refractivity (Wildman–Crippen MR) is 74.7 cm³/mol. The third kappa shape index (κ3) is 3.28. The second-order valence-corrected chi connectivity index (χ2v) is 6.55. The van der Waals surface area contributed by atoms with E-state index >= 15 is 0 Å². The molecule has 19 heavy (non-hydrogen) atoms. The lowest BCUT2D eigenvalue weighted by Gasteiger charge is -2.31. The minimum absolute atomic E-state index is 0.0577. The Balaban J connectivity index is 1.96. The number of hydrogen-bond donors (Lipinski definition) is 1. The van der Waals surface area contributed by atoms with Gasteiger partial charge in [-0.25, -0.2) is 0 Å². The van der Waals surface area contributed by atoms with E-state index in [0.717, 1.165) is 4.88 Å². The van der Waals surface area contributed by atoms with Gasteiger partial charge in [-0.3, -0.25) is 9.59 Å². The first kappa shape index (κ1) is 14.3. The first-order chi connectivity index (χ1) is 8.99. The van der Waals surface area contributed by atoms with Crippen LogP contribution in [0.2, 0.25) is 4.34 Å². The van der Waals surface area contributed by atoms with E-state index in [2.05, 4.69) is 0 Å². The van der Waals surface area contributed by atoms with Gasteiger partial charge in [0.2, 0.25) is 5.91 Å². The minimum Gasteiger partial charge on any atom is -0.481 e. The molecule has 0 aromatic carbocycles. The van der Waals surface area contributed by atoms with Gasteiger partial charge in [0.1, 0.15) is 0 Å². The number of carboxylic acids is 1. The van der Waals surface area contributed by atoms with Crippen LogP contribution in [0.3, 0.4) is 0 Å². The van der Waals surface area contributed by atoms with E-state index in [1.165, 1.54) is 11.3 Å². The molecule has 1 aromatic rings. The number of carboxylic acid groups (broad SMARTS) is 1. The normalized spacial score (nSPS) is 18.3. The zero-order valence-corrected chi connectivity index (χ0v) is 12.2. The Morgan fingerprint density at radius 2 is 2.05 bits per heavy atom. The molecule has 2 heterocycles. The number of halogens is 1. The SMILES string of the molecule is C[C@@H](C(=O)N1CCC(C(=O)O)CC1)c1ccc(Cl)s1. The molecule has 0 unspecified atom stereocenters. The molecule has 6 heteroatoms. The number of thiophene rings is 1. The van der Waals surface area contributed by atoms with Crippen LogP contribution in [0.1, 0.15) is 30.6 Å². The van der Waals surface area contributed by atoms with Crippen molar-refractivity contribution in [1.82, 2.24) is 4.90 Å². The average Bonchev–Trinajstić information content (AvgIpc) is 2.84. The fourth-order valence-electron chi connectivity index (χ4n) is 2.30. The molecule has 1 amide bonds. The molecule has 0 saturated carbocycles. The van der Waals surface area contributed by atoms with E-state index in [1.54, 1.807) is 11.0 Å². The van der Waals surface area contributed by atoms with Crippen LogP contribution >= 0.6 is 22.9 Å². The lowest BCUT2D eigenvalue weighted by Crippen LogP contribution is -2.41. The smallest absolute Gasteiger partial charge is 0.306 e. The molecule has 1 aliphatic heterocycles. The van der Waals surface area contributed by atoms with Crippen molar-refractivity contribution >= 4 is 34.8 Å². The van der Waals surface area contributed by atoms with Crippen LogP contribution in [0.25, 0.3) is 0 Å². The van der Waals surface area contributed by atoms with Crippen molar-refractivity contribution in [3.8, 4) is 0 Å². The Hall–Kier alpha value is -1.07. The van der Waals surface area contributed by atoms with E-state index in [1.807, 2.05) is 13.0 Å². The summed E-state index contributed by atoms with van der Waals surface area (Å²) in [4.78, 5) is 25.9. The maximum absolute atomic E-state index is 12.3. The van der Waals surface area contributed by atoms with Crippen molar-refractivity contribution in [1.29, 1.82) is 0 Å². The third-order valence-electron chi connectivity index (χ3n) is 3.55. The van der Waals surface area contributed by atoms with E-state index in [9.17, 15) is 9.59 Å². The quantitative estimate of drug-likeness (QED) is 0.934. The Labute approximate surface area is 121 Å². The van der Waals surface area contributed by atoms with Gasteiger partial charge >= 0.3 is 5.97 Å². The predicted octanol–water partition coefficient (Wildman–Crippen LogP) is 2.83. The number of amides is 1. The van der Waals surface area contributed by atoms with Crippen molar-refractivity contribution in [2.75, 3.05) is 13.1 Å². The van der Waals surface area contributed by atoms with Gasteiger partial charge in [-0.2, -0.15) is 0 Å². The third-order valence-corrected chi connectivity index (χ3v) is 4.96. The topological polar surface area (TPSA) is 57.6 Å². The highest BCUT2D eigenvalue weighted by molar-refractivity contribution is 7.16. The van der Waals surface area contributed by atoms with Crippen LogP contribution in [0.5, 0.6) is 0 Å². The Morgan fingerprint density at radius 1 is 1.42 bits per heavy atom. The Bertz CT molecular complexity index is 480. The Morgan fingerprint density at radius 3 is 2.53 bits per heavy atom. The van der Waals surface area contributed by atoms with Crippen LogP contribution in [0.15, 0.2) is 12.1 Å². The van der Waals surface area contributed by atoms with E-state index in [0.29, 0.717) is 30.3 Å². The molecule has 104 valence electrons. The number of rotatable bonds is 3. The second-order valence-electron chi connectivity index (χ2n) is 4.80. The molecular weight excluding hydrogens is 286 g/mol. The molecule has 1 aliphatic rings. The number of carbonyl (C=O) groups excluding carboxylic acids is 1. The number of nitrogens with zero attached hydrogens (tertiary/aromatic N) is 1. The first-order valence-corrected chi connectivity index (χ1v) is 7.45. The number of aliphatic carboxylic acids is 1. The monoisotopic (exact) mass is 301 g/mol. The number of hydrogen-bond acceptors (Lipinski definition) is 3. The van der Waals surface area contributed by atoms with Gasteiger partial charge in [-0.1, -0.05) is 11.6 Å².